The largest absolute Gasteiger partial charge is 0.498 e. The molecule has 5 nitrogen and oxygen atoms in total. The first-order valence-electron chi connectivity index (χ1n) is 6.77. The third-order valence-electron chi connectivity index (χ3n) is 3.73. The molecule has 0 amide bonds. The smallest absolute Gasteiger partial charge is 0.166 e. The van der Waals surface area contributed by atoms with Gasteiger partial charge in [0.15, 0.2) is 11.4 Å². The lowest BCUT2D eigenvalue weighted by Gasteiger charge is -2.38. The predicted molar refractivity (Wildman–Crippen MR) is 81.3 cm³/mol. The number of aliphatic imine (C=N–C) groups is 1. The highest BCUT2D eigenvalue weighted by Gasteiger charge is 2.47. The summed E-state index contributed by atoms with van der Waals surface area (Å²) in [7, 11) is 3.05. The number of ketones is 1. The van der Waals surface area contributed by atoms with E-state index in [0.29, 0.717) is 5.76 Å². The highest BCUT2D eigenvalue weighted by Crippen LogP contribution is 2.30. The highest BCUT2D eigenvalue weighted by molar-refractivity contribution is 5.91. The minimum absolute atomic E-state index is 0.0487. The van der Waals surface area contributed by atoms with Crippen molar-refractivity contribution in [3.05, 3.63) is 47.7 Å². The standard InChI is InChI=1S/C16H20N2O3/c1-20-14-8-9-18-15(16(14,11-17)21-2)13(19)10-12-6-4-3-5-7-12/h3-9,15H,10-11,17H2,1-2H3. The number of rotatable bonds is 6. The van der Waals surface area contributed by atoms with Crippen molar-refractivity contribution in [1.82, 2.24) is 0 Å². The molecule has 0 aromatic heterocycles. The van der Waals surface area contributed by atoms with Gasteiger partial charge in [0, 0.05) is 26.3 Å². The second-order valence-electron chi connectivity index (χ2n) is 4.86. The molecule has 0 fully saturated rings. The van der Waals surface area contributed by atoms with Gasteiger partial charge >= 0.3 is 0 Å². The molecular weight excluding hydrogens is 268 g/mol. The van der Waals surface area contributed by atoms with Gasteiger partial charge in [0.2, 0.25) is 0 Å². The summed E-state index contributed by atoms with van der Waals surface area (Å²) >= 11 is 0. The van der Waals surface area contributed by atoms with E-state index < -0.39 is 11.6 Å². The van der Waals surface area contributed by atoms with Gasteiger partial charge in [-0.25, -0.2) is 0 Å². The van der Waals surface area contributed by atoms with Crippen LogP contribution in [0.1, 0.15) is 5.56 Å². The number of benzene rings is 1. The van der Waals surface area contributed by atoms with E-state index in [9.17, 15) is 4.79 Å². The van der Waals surface area contributed by atoms with Crippen LogP contribution in [0.15, 0.2) is 47.2 Å². The van der Waals surface area contributed by atoms with E-state index >= 15 is 0 Å². The van der Waals surface area contributed by atoms with E-state index in [1.54, 1.807) is 12.3 Å². The summed E-state index contributed by atoms with van der Waals surface area (Å²) in [6.07, 6.45) is 3.53. The van der Waals surface area contributed by atoms with Crippen molar-refractivity contribution in [2.45, 2.75) is 18.1 Å². The number of dihydropyridines is 1. The summed E-state index contributed by atoms with van der Waals surface area (Å²) in [5.41, 5.74) is 5.77. The van der Waals surface area contributed by atoms with Gasteiger partial charge in [-0.2, -0.15) is 0 Å². The van der Waals surface area contributed by atoms with Gasteiger partial charge in [-0.3, -0.25) is 9.79 Å². The van der Waals surface area contributed by atoms with Gasteiger partial charge in [-0.05, 0) is 11.6 Å². The monoisotopic (exact) mass is 288 g/mol. The SMILES string of the molecule is COC1=CC=NC(C(=O)Cc2ccccc2)C1(CN)OC. The molecule has 1 aromatic rings. The third kappa shape index (κ3) is 2.89. The molecule has 2 unspecified atom stereocenters. The number of methoxy groups -OCH3 is 2. The molecule has 1 aliphatic heterocycles. The van der Waals surface area contributed by atoms with Crippen molar-refractivity contribution in [3.63, 3.8) is 0 Å². The van der Waals surface area contributed by atoms with Crippen LogP contribution in [0.25, 0.3) is 0 Å². The van der Waals surface area contributed by atoms with Crippen molar-refractivity contribution in [2.75, 3.05) is 20.8 Å². The first-order chi connectivity index (χ1) is 10.2. The van der Waals surface area contributed by atoms with Gasteiger partial charge in [-0.1, -0.05) is 30.3 Å². The van der Waals surface area contributed by atoms with Crippen LogP contribution in [0, 0.1) is 0 Å². The molecule has 2 N–H and O–H groups in total. The number of allylic oxidation sites excluding steroid dienone is 1. The van der Waals surface area contributed by atoms with Gasteiger partial charge in [0.25, 0.3) is 0 Å². The Labute approximate surface area is 124 Å². The first-order valence-corrected chi connectivity index (χ1v) is 6.77. The van der Waals surface area contributed by atoms with Crippen LogP contribution >= 0.6 is 0 Å². The number of nitrogens with zero attached hydrogens (tertiary/aromatic N) is 1. The number of hydrogen-bond acceptors (Lipinski definition) is 5. The van der Waals surface area contributed by atoms with Gasteiger partial charge in [0.1, 0.15) is 11.8 Å². The number of nitrogens with two attached hydrogens (primary N) is 1. The third-order valence-corrected chi connectivity index (χ3v) is 3.73. The van der Waals surface area contributed by atoms with Gasteiger partial charge < -0.3 is 15.2 Å². The highest BCUT2D eigenvalue weighted by atomic mass is 16.5. The molecule has 1 heterocycles. The summed E-state index contributed by atoms with van der Waals surface area (Å²) in [4.78, 5) is 16.9. The zero-order valence-electron chi connectivity index (χ0n) is 12.3. The van der Waals surface area contributed by atoms with Crippen molar-refractivity contribution >= 4 is 12.0 Å². The predicted octanol–water partition coefficient (Wildman–Crippen LogP) is 1.13. The minimum atomic E-state index is -1.03. The first kappa shape index (κ1) is 15.4. The molecule has 0 radical (unpaired) electrons. The molecule has 0 saturated carbocycles. The van der Waals surface area contributed by atoms with E-state index in [4.69, 9.17) is 15.2 Å². The number of carbonyl (C=O) groups is 1. The zero-order chi connectivity index (χ0) is 15.3. The van der Waals surface area contributed by atoms with E-state index in [1.807, 2.05) is 30.3 Å². The summed E-state index contributed by atoms with van der Waals surface area (Å²) in [6.45, 7) is 0.117. The van der Waals surface area contributed by atoms with Crippen LogP contribution in [0.2, 0.25) is 0 Å². The lowest BCUT2D eigenvalue weighted by Crippen LogP contribution is -2.56. The average molecular weight is 288 g/mol. The number of hydrogen-bond donors (Lipinski definition) is 1. The fourth-order valence-corrected chi connectivity index (χ4v) is 2.58. The Hall–Kier alpha value is -1.98. The second kappa shape index (κ2) is 6.65. The maximum Gasteiger partial charge on any atom is 0.166 e. The summed E-state index contributed by atoms with van der Waals surface area (Å²) < 4.78 is 10.9. The molecular formula is C16H20N2O3. The molecule has 21 heavy (non-hydrogen) atoms. The molecule has 0 saturated heterocycles. The van der Waals surface area contributed by atoms with Crippen molar-refractivity contribution < 1.29 is 14.3 Å². The Kier molecular flexibility index (Phi) is 4.88. The van der Waals surface area contributed by atoms with E-state index in [1.165, 1.54) is 14.2 Å². The Morgan fingerprint density at radius 1 is 1.33 bits per heavy atom. The number of ether oxygens (including phenoxy) is 2. The van der Waals surface area contributed by atoms with E-state index in [-0.39, 0.29) is 18.7 Å². The van der Waals surface area contributed by atoms with E-state index in [2.05, 4.69) is 4.99 Å². The lowest BCUT2D eigenvalue weighted by atomic mass is 9.85. The molecule has 112 valence electrons. The zero-order valence-corrected chi connectivity index (χ0v) is 12.3. The maximum atomic E-state index is 12.6. The quantitative estimate of drug-likeness (QED) is 0.851. The molecule has 1 aromatic carbocycles. The number of Topliss-reactive ketones (excluding diaryl/α,β-unsaturated/α-hetero) is 1. The topological polar surface area (TPSA) is 73.9 Å². The van der Waals surface area contributed by atoms with E-state index in [0.717, 1.165) is 5.56 Å². The van der Waals surface area contributed by atoms with Gasteiger partial charge in [0.05, 0.1) is 7.11 Å². The normalized spacial score (nSPS) is 24.5. The average Bonchev–Trinajstić information content (AvgIpc) is 2.54. The van der Waals surface area contributed by atoms with Crippen LogP contribution < -0.4 is 5.73 Å². The Morgan fingerprint density at radius 2 is 2.05 bits per heavy atom. The Morgan fingerprint density at radius 3 is 2.62 bits per heavy atom. The van der Waals surface area contributed by atoms with Crippen molar-refractivity contribution in [1.29, 1.82) is 0 Å². The molecule has 0 bridgehead atoms. The molecule has 1 aliphatic rings. The van der Waals surface area contributed by atoms with Crippen LogP contribution in [0.4, 0.5) is 0 Å². The molecule has 2 atom stereocenters. The van der Waals surface area contributed by atoms with Crippen LogP contribution in [-0.4, -0.2) is 44.4 Å². The Balaban J connectivity index is 2.27. The summed E-state index contributed by atoms with van der Waals surface area (Å²) in [5.74, 6) is 0.473. The molecule has 5 heteroatoms. The van der Waals surface area contributed by atoms with Crippen LogP contribution in [0.5, 0.6) is 0 Å². The minimum Gasteiger partial charge on any atom is -0.498 e. The van der Waals surface area contributed by atoms with Crippen molar-refractivity contribution in [3.8, 4) is 0 Å². The van der Waals surface area contributed by atoms with Gasteiger partial charge in [-0.15, -0.1) is 0 Å². The molecule has 0 aliphatic carbocycles. The number of carbonyl (C=O) groups excluding carboxylic acids is 1. The maximum absolute atomic E-state index is 12.6. The fraction of sp³-hybridized carbons (Fsp3) is 0.375. The molecule has 2 rings (SSSR count). The lowest BCUT2D eigenvalue weighted by molar-refractivity contribution is -0.127. The van der Waals surface area contributed by atoms with Crippen LogP contribution in [-0.2, 0) is 20.7 Å². The molecule has 0 spiro atoms. The van der Waals surface area contributed by atoms with Crippen LogP contribution in [0.3, 0.4) is 0 Å². The summed E-state index contributed by atoms with van der Waals surface area (Å²) in [6, 6.07) is 8.84. The van der Waals surface area contributed by atoms with Crippen molar-refractivity contribution in [2.24, 2.45) is 10.7 Å². The Bertz CT molecular complexity index is 548. The summed E-state index contributed by atoms with van der Waals surface area (Å²) in [5, 5.41) is 0. The fourth-order valence-electron chi connectivity index (χ4n) is 2.58. The second-order valence-corrected chi connectivity index (χ2v) is 4.86.